The van der Waals surface area contributed by atoms with Crippen molar-refractivity contribution in [3.05, 3.63) is 51.0 Å². The van der Waals surface area contributed by atoms with Gasteiger partial charge < -0.3 is 5.32 Å². The van der Waals surface area contributed by atoms with E-state index in [1.165, 1.54) is 39.5 Å². The van der Waals surface area contributed by atoms with Gasteiger partial charge in [-0.25, -0.2) is 4.98 Å². The Bertz CT molecular complexity index is 579. The second-order valence-electron chi connectivity index (χ2n) is 5.62. The highest BCUT2D eigenvalue weighted by Crippen LogP contribution is 2.33. The van der Waals surface area contributed by atoms with E-state index in [0.29, 0.717) is 6.04 Å². The summed E-state index contributed by atoms with van der Waals surface area (Å²) in [4.78, 5) is 6.13. The third-order valence-electron chi connectivity index (χ3n) is 4.02. The summed E-state index contributed by atoms with van der Waals surface area (Å²) in [5.74, 6) is 0. The molecule has 106 valence electrons. The molecule has 1 aliphatic rings. The lowest BCUT2D eigenvalue weighted by Crippen LogP contribution is -2.25. The molecular formula is C17H22N2S. The van der Waals surface area contributed by atoms with Gasteiger partial charge in [0.25, 0.3) is 0 Å². The largest absolute Gasteiger partial charge is 0.301 e. The number of nitrogens with one attached hydrogen (secondary N) is 1. The minimum atomic E-state index is 0.260. The molecule has 2 aromatic rings. The molecule has 1 atom stereocenters. The molecule has 2 nitrogen and oxygen atoms in total. The molecule has 0 saturated heterocycles. The van der Waals surface area contributed by atoms with Gasteiger partial charge in [-0.15, -0.1) is 11.3 Å². The SMILES string of the molecule is CCc1ccccc1C(NC1CC1)c1nc(C)c(C)s1. The Morgan fingerprint density at radius 2 is 2.05 bits per heavy atom. The Balaban J connectivity index is 2.00. The van der Waals surface area contributed by atoms with Gasteiger partial charge in [0.1, 0.15) is 5.01 Å². The zero-order chi connectivity index (χ0) is 14.1. The average Bonchev–Trinajstić information content (AvgIpc) is 3.22. The second kappa shape index (κ2) is 5.66. The number of thiazole rings is 1. The molecule has 1 aromatic heterocycles. The van der Waals surface area contributed by atoms with Crippen LogP contribution in [0.5, 0.6) is 0 Å². The van der Waals surface area contributed by atoms with Crippen molar-refractivity contribution in [2.45, 2.75) is 52.1 Å². The number of benzene rings is 1. The highest BCUT2D eigenvalue weighted by atomic mass is 32.1. The molecule has 1 unspecified atom stereocenters. The summed E-state index contributed by atoms with van der Waals surface area (Å²) in [6.45, 7) is 6.50. The first-order valence-electron chi connectivity index (χ1n) is 7.46. The van der Waals surface area contributed by atoms with Crippen molar-refractivity contribution in [3.8, 4) is 0 Å². The Labute approximate surface area is 125 Å². The molecule has 0 amide bonds. The summed E-state index contributed by atoms with van der Waals surface area (Å²) < 4.78 is 0. The fourth-order valence-corrected chi connectivity index (χ4v) is 3.54. The molecule has 0 aliphatic heterocycles. The maximum absolute atomic E-state index is 4.80. The lowest BCUT2D eigenvalue weighted by Gasteiger charge is -2.19. The van der Waals surface area contributed by atoms with Gasteiger partial charge in [-0.05, 0) is 44.2 Å². The lowest BCUT2D eigenvalue weighted by atomic mass is 9.99. The third kappa shape index (κ3) is 2.79. The quantitative estimate of drug-likeness (QED) is 0.892. The van der Waals surface area contributed by atoms with Gasteiger partial charge in [-0.3, -0.25) is 0 Å². The third-order valence-corrected chi connectivity index (χ3v) is 5.16. The van der Waals surface area contributed by atoms with Crippen molar-refractivity contribution >= 4 is 11.3 Å². The van der Waals surface area contributed by atoms with E-state index < -0.39 is 0 Å². The highest BCUT2D eigenvalue weighted by molar-refractivity contribution is 7.11. The van der Waals surface area contributed by atoms with E-state index >= 15 is 0 Å². The Hall–Kier alpha value is -1.19. The fourth-order valence-electron chi connectivity index (χ4n) is 2.54. The zero-order valence-corrected chi connectivity index (χ0v) is 13.3. The van der Waals surface area contributed by atoms with Crippen LogP contribution in [-0.4, -0.2) is 11.0 Å². The molecular weight excluding hydrogens is 264 g/mol. The van der Waals surface area contributed by atoms with E-state index in [4.69, 9.17) is 4.98 Å². The van der Waals surface area contributed by atoms with Crippen LogP contribution < -0.4 is 5.32 Å². The molecule has 1 aliphatic carbocycles. The van der Waals surface area contributed by atoms with Crippen molar-refractivity contribution in [2.24, 2.45) is 0 Å². The number of rotatable bonds is 5. The van der Waals surface area contributed by atoms with Crippen molar-refractivity contribution < 1.29 is 0 Å². The summed E-state index contributed by atoms with van der Waals surface area (Å²) in [6.07, 6.45) is 3.67. The lowest BCUT2D eigenvalue weighted by molar-refractivity contribution is 0.593. The van der Waals surface area contributed by atoms with Gasteiger partial charge in [-0.2, -0.15) is 0 Å². The number of nitrogens with zero attached hydrogens (tertiary/aromatic N) is 1. The fraction of sp³-hybridized carbons (Fsp3) is 0.471. The number of aromatic nitrogens is 1. The summed E-state index contributed by atoms with van der Waals surface area (Å²) in [5.41, 5.74) is 3.99. The molecule has 0 bridgehead atoms. The monoisotopic (exact) mass is 286 g/mol. The number of hydrogen-bond donors (Lipinski definition) is 1. The van der Waals surface area contributed by atoms with Crippen LogP contribution in [0.2, 0.25) is 0 Å². The van der Waals surface area contributed by atoms with Crippen LogP contribution in [-0.2, 0) is 6.42 Å². The molecule has 0 spiro atoms. The topological polar surface area (TPSA) is 24.9 Å². The Morgan fingerprint density at radius 3 is 2.65 bits per heavy atom. The van der Waals surface area contributed by atoms with Crippen LogP contribution in [0.1, 0.15) is 52.5 Å². The summed E-state index contributed by atoms with van der Waals surface area (Å²) in [7, 11) is 0. The molecule has 0 radical (unpaired) electrons. The van der Waals surface area contributed by atoms with E-state index in [9.17, 15) is 0 Å². The molecule has 20 heavy (non-hydrogen) atoms. The van der Waals surface area contributed by atoms with E-state index in [1.807, 2.05) is 11.3 Å². The molecule has 1 aromatic carbocycles. The molecule has 1 saturated carbocycles. The van der Waals surface area contributed by atoms with Crippen molar-refractivity contribution in [1.82, 2.24) is 10.3 Å². The summed E-state index contributed by atoms with van der Waals surface area (Å²) in [5, 5.41) is 5.00. The van der Waals surface area contributed by atoms with Crippen LogP contribution in [0.15, 0.2) is 24.3 Å². The molecule has 1 fully saturated rings. The van der Waals surface area contributed by atoms with Crippen molar-refractivity contribution in [2.75, 3.05) is 0 Å². The standard InChI is InChI=1S/C17H22N2S/c1-4-13-7-5-6-8-15(13)16(19-14-9-10-14)17-18-11(2)12(3)20-17/h5-8,14,16,19H,4,9-10H2,1-3H3. The van der Waals surface area contributed by atoms with E-state index in [0.717, 1.165) is 6.42 Å². The normalized spacial score (nSPS) is 16.4. The maximum atomic E-state index is 4.80. The van der Waals surface area contributed by atoms with Crippen LogP contribution in [0.25, 0.3) is 0 Å². The first kappa shape index (κ1) is 13.8. The van der Waals surface area contributed by atoms with Crippen LogP contribution >= 0.6 is 11.3 Å². The van der Waals surface area contributed by atoms with Gasteiger partial charge in [0.05, 0.1) is 11.7 Å². The molecule has 3 rings (SSSR count). The van der Waals surface area contributed by atoms with Crippen LogP contribution in [0.4, 0.5) is 0 Å². The highest BCUT2D eigenvalue weighted by Gasteiger charge is 2.29. The van der Waals surface area contributed by atoms with Crippen molar-refractivity contribution in [1.29, 1.82) is 0 Å². The Morgan fingerprint density at radius 1 is 1.30 bits per heavy atom. The second-order valence-corrected chi connectivity index (χ2v) is 6.85. The first-order chi connectivity index (χ1) is 9.69. The minimum Gasteiger partial charge on any atom is -0.301 e. The molecule has 3 heteroatoms. The number of hydrogen-bond acceptors (Lipinski definition) is 3. The van der Waals surface area contributed by atoms with Gasteiger partial charge in [0.15, 0.2) is 0 Å². The van der Waals surface area contributed by atoms with Gasteiger partial charge >= 0.3 is 0 Å². The van der Waals surface area contributed by atoms with Gasteiger partial charge in [0.2, 0.25) is 0 Å². The predicted octanol–water partition coefficient (Wildman–Crippen LogP) is 4.16. The summed E-state index contributed by atoms with van der Waals surface area (Å²) >= 11 is 1.83. The van der Waals surface area contributed by atoms with Gasteiger partial charge in [-0.1, -0.05) is 31.2 Å². The first-order valence-corrected chi connectivity index (χ1v) is 8.28. The number of aryl methyl sites for hydroxylation is 3. The smallest absolute Gasteiger partial charge is 0.115 e. The van der Waals surface area contributed by atoms with E-state index in [2.05, 4.69) is 50.4 Å². The Kier molecular flexibility index (Phi) is 3.90. The van der Waals surface area contributed by atoms with E-state index in [-0.39, 0.29) is 6.04 Å². The minimum absolute atomic E-state index is 0.260. The summed E-state index contributed by atoms with van der Waals surface area (Å²) in [6, 6.07) is 9.71. The zero-order valence-electron chi connectivity index (χ0n) is 12.4. The van der Waals surface area contributed by atoms with Crippen LogP contribution in [0, 0.1) is 13.8 Å². The van der Waals surface area contributed by atoms with Gasteiger partial charge in [0, 0.05) is 10.9 Å². The molecule has 1 heterocycles. The molecule has 1 N–H and O–H groups in total. The maximum Gasteiger partial charge on any atom is 0.115 e. The predicted molar refractivity (Wildman–Crippen MR) is 85.4 cm³/mol. The van der Waals surface area contributed by atoms with Crippen molar-refractivity contribution in [3.63, 3.8) is 0 Å². The average molecular weight is 286 g/mol. The van der Waals surface area contributed by atoms with Crippen LogP contribution in [0.3, 0.4) is 0 Å². The van der Waals surface area contributed by atoms with E-state index in [1.54, 1.807) is 0 Å².